The molecule has 0 bridgehead atoms. The number of rotatable bonds is 1. The SMILES string of the molecule is CC(=O)[C@H]1CCOC(C)(C)O1. The summed E-state index contributed by atoms with van der Waals surface area (Å²) in [6, 6.07) is 0. The van der Waals surface area contributed by atoms with Gasteiger partial charge in [0.15, 0.2) is 11.6 Å². The van der Waals surface area contributed by atoms with Crippen LogP contribution in [-0.2, 0) is 14.3 Å². The Hall–Kier alpha value is -0.410. The van der Waals surface area contributed by atoms with Crippen LogP contribution in [0.15, 0.2) is 0 Å². The van der Waals surface area contributed by atoms with Crippen molar-refractivity contribution in [3.05, 3.63) is 0 Å². The van der Waals surface area contributed by atoms with Gasteiger partial charge in [0.25, 0.3) is 0 Å². The highest BCUT2D eigenvalue weighted by atomic mass is 16.7. The topological polar surface area (TPSA) is 35.5 Å². The Labute approximate surface area is 66.7 Å². The maximum atomic E-state index is 10.9. The summed E-state index contributed by atoms with van der Waals surface area (Å²) >= 11 is 0. The molecular formula is C8H14O3. The predicted octanol–water partition coefficient (Wildman–Crippen LogP) is 1.12. The molecule has 64 valence electrons. The van der Waals surface area contributed by atoms with Gasteiger partial charge in [0.1, 0.15) is 6.10 Å². The van der Waals surface area contributed by atoms with Crippen LogP contribution in [0.4, 0.5) is 0 Å². The molecule has 1 heterocycles. The maximum absolute atomic E-state index is 10.9. The molecule has 0 radical (unpaired) electrons. The lowest BCUT2D eigenvalue weighted by Crippen LogP contribution is -2.42. The highest BCUT2D eigenvalue weighted by Gasteiger charge is 2.31. The summed E-state index contributed by atoms with van der Waals surface area (Å²) in [6.45, 7) is 5.80. The predicted molar refractivity (Wildman–Crippen MR) is 40.2 cm³/mol. The van der Waals surface area contributed by atoms with E-state index in [-0.39, 0.29) is 11.9 Å². The third-order valence-electron chi connectivity index (χ3n) is 1.71. The number of hydrogen-bond donors (Lipinski definition) is 0. The number of Topliss-reactive ketones (excluding diaryl/α,β-unsaturated/α-hetero) is 1. The van der Waals surface area contributed by atoms with Crippen LogP contribution in [-0.4, -0.2) is 24.3 Å². The lowest BCUT2D eigenvalue weighted by Gasteiger charge is -2.34. The van der Waals surface area contributed by atoms with E-state index in [2.05, 4.69) is 0 Å². The Balaban J connectivity index is 2.53. The molecule has 0 aromatic carbocycles. The van der Waals surface area contributed by atoms with Gasteiger partial charge in [0.05, 0.1) is 6.61 Å². The Kier molecular flexibility index (Phi) is 2.30. The van der Waals surface area contributed by atoms with Gasteiger partial charge in [0, 0.05) is 6.42 Å². The van der Waals surface area contributed by atoms with E-state index in [1.165, 1.54) is 0 Å². The standard InChI is InChI=1S/C8H14O3/c1-6(9)7-4-5-10-8(2,3)11-7/h7H,4-5H2,1-3H3/t7-/m1/s1. The van der Waals surface area contributed by atoms with Crippen LogP contribution < -0.4 is 0 Å². The molecule has 1 rings (SSSR count). The molecule has 11 heavy (non-hydrogen) atoms. The van der Waals surface area contributed by atoms with Crippen LogP contribution in [0.1, 0.15) is 27.2 Å². The van der Waals surface area contributed by atoms with Gasteiger partial charge >= 0.3 is 0 Å². The molecule has 1 fully saturated rings. The summed E-state index contributed by atoms with van der Waals surface area (Å²) in [5.41, 5.74) is 0. The maximum Gasteiger partial charge on any atom is 0.163 e. The summed E-state index contributed by atoms with van der Waals surface area (Å²) < 4.78 is 10.6. The molecule has 3 nitrogen and oxygen atoms in total. The lowest BCUT2D eigenvalue weighted by molar-refractivity contribution is -0.266. The molecule has 3 heteroatoms. The van der Waals surface area contributed by atoms with Gasteiger partial charge in [-0.05, 0) is 20.8 Å². The second-order valence-corrected chi connectivity index (χ2v) is 3.25. The summed E-state index contributed by atoms with van der Waals surface area (Å²) in [5.74, 6) is -0.504. The molecule has 0 amide bonds. The molecule has 0 unspecified atom stereocenters. The number of ketones is 1. The fraction of sp³-hybridized carbons (Fsp3) is 0.875. The zero-order valence-corrected chi connectivity index (χ0v) is 7.22. The third kappa shape index (κ3) is 2.27. The van der Waals surface area contributed by atoms with Gasteiger partial charge < -0.3 is 9.47 Å². The van der Waals surface area contributed by atoms with Crippen LogP contribution in [0.25, 0.3) is 0 Å². The zero-order valence-electron chi connectivity index (χ0n) is 7.22. The molecule has 0 aromatic heterocycles. The van der Waals surface area contributed by atoms with E-state index in [4.69, 9.17) is 9.47 Å². The highest BCUT2D eigenvalue weighted by molar-refractivity contribution is 5.80. The molecule has 1 aliphatic rings. The molecule has 0 aromatic rings. The van der Waals surface area contributed by atoms with Crippen molar-refractivity contribution in [1.82, 2.24) is 0 Å². The number of ether oxygens (including phenoxy) is 2. The van der Waals surface area contributed by atoms with Gasteiger partial charge in [0.2, 0.25) is 0 Å². The van der Waals surface area contributed by atoms with Crippen molar-refractivity contribution in [3.8, 4) is 0 Å². The number of carbonyl (C=O) groups excluding carboxylic acids is 1. The second-order valence-electron chi connectivity index (χ2n) is 3.25. The van der Waals surface area contributed by atoms with Crippen molar-refractivity contribution >= 4 is 5.78 Å². The lowest BCUT2D eigenvalue weighted by atomic mass is 10.1. The van der Waals surface area contributed by atoms with E-state index < -0.39 is 5.79 Å². The first-order valence-electron chi connectivity index (χ1n) is 3.83. The second kappa shape index (κ2) is 2.91. The molecule has 0 aliphatic carbocycles. The summed E-state index contributed by atoms with van der Waals surface area (Å²) in [6.07, 6.45) is 0.414. The van der Waals surface area contributed by atoms with Crippen molar-refractivity contribution in [1.29, 1.82) is 0 Å². The fourth-order valence-electron chi connectivity index (χ4n) is 1.13. The first-order chi connectivity index (χ1) is 5.01. The van der Waals surface area contributed by atoms with E-state index in [1.54, 1.807) is 6.92 Å². The third-order valence-corrected chi connectivity index (χ3v) is 1.71. The Morgan fingerprint density at radius 3 is 2.55 bits per heavy atom. The smallest absolute Gasteiger partial charge is 0.163 e. The average Bonchev–Trinajstić information content (AvgIpc) is 1.85. The minimum atomic E-state index is -0.589. The van der Waals surface area contributed by atoms with Crippen LogP contribution in [0.5, 0.6) is 0 Å². The molecular weight excluding hydrogens is 144 g/mol. The van der Waals surface area contributed by atoms with Crippen molar-refractivity contribution < 1.29 is 14.3 Å². The molecule has 1 atom stereocenters. The van der Waals surface area contributed by atoms with Crippen molar-refractivity contribution in [2.45, 2.75) is 39.1 Å². The molecule has 0 saturated carbocycles. The number of hydrogen-bond acceptors (Lipinski definition) is 3. The van der Waals surface area contributed by atoms with Gasteiger partial charge in [-0.15, -0.1) is 0 Å². The van der Waals surface area contributed by atoms with Gasteiger partial charge in [-0.25, -0.2) is 0 Å². The highest BCUT2D eigenvalue weighted by Crippen LogP contribution is 2.21. The monoisotopic (exact) mass is 158 g/mol. The van der Waals surface area contributed by atoms with E-state index in [1.807, 2.05) is 13.8 Å². The Morgan fingerprint density at radius 2 is 2.18 bits per heavy atom. The van der Waals surface area contributed by atoms with E-state index >= 15 is 0 Å². The van der Waals surface area contributed by atoms with Gasteiger partial charge in [-0.2, -0.15) is 0 Å². The van der Waals surface area contributed by atoms with Crippen LogP contribution in [0, 0.1) is 0 Å². The summed E-state index contributed by atoms with van der Waals surface area (Å²) in [4.78, 5) is 10.9. The van der Waals surface area contributed by atoms with E-state index in [0.717, 1.165) is 0 Å². The first-order valence-corrected chi connectivity index (χ1v) is 3.83. The quantitative estimate of drug-likeness (QED) is 0.573. The average molecular weight is 158 g/mol. The fourth-order valence-corrected chi connectivity index (χ4v) is 1.13. The van der Waals surface area contributed by atoms with Crippen molar-refractivity contribution in [2.24, 2.45) is 0 Å². The first kappa shape index (κ1) is 8.68. The number of carbonyl (C=O) groups is 1. The van der Waals surface area contributed by atoms with Crippen molar-refractivity contribution in [3.63, 3.8) is 0 Å². The van der Waals surface area contributed by atoms with E-state index in [0.29, 0.717) is 13.0 Å². The summed E-state index contributed by atoms with van der Waals surface area (Å²) in [7, 11) is 0. The minimum absolute atomic E-state index is 0.0846. The summed E-state index contributed by atoms with van der Waals surface area (Å²) in [5, 5.41) is 0. The molecule has 0 spiro atoms. The van der Waals surface area contributed by atoms with E-state index in [9.17, 15) is 4.79 Å². The zero-order chi connectivity index (χ0) is 8.48. The van der Waals surface area contributed by atoms with Crippen LogP contribution in [0.2, 0.25) is 0 Å². The van der Waals surface area contributed by atoms with Crippen LogP contribution in [0.3, 0.4) is 0 Å². The minimum Gasteiger partial charge on any atom is -0.350 e. The van der Waals surface area contributed by atoms with Gasteiger partial charge in [-0.3, -0.25) is 4.79 Å². The Bertz CT molecular complexity index is 163. The molecule has 1 saturated heterocycles. The van der Waals surface area contributed by atoms with Crippen LogP contribution >= 0.6 is 0 Å². The Morgan fingerprint density at radius 1 is 1.55 bits per heavy atom. The normalized spacial score (nSPS) is 29.9. The molecule has 1 aliphatic heterocycles. The van der Waals surface area contributed by atoms with Crippen molar-refractivity contribution in [2.75, 3.05) is 6.61 Å². The molecule has 0 N–H and O–H groups in total. The van der Waals surface area contributed by atoms with Gasteiger partial charge in [-0.1, -0.05) is 0 Å². The largest absolute Gasteiger partial charge is 0.350 e.